The average molecular weight is 462 g/mol. The van der Waals surface area contributed by atoms with E-state index >= 15 is 0 Å². The highest BCUT2D eigenvalue weighted by atomic mass is 16.5. The zero-order valence-corrected chi connectivity index (χ0v) is 19.1. The lowest BCUT2D eigenvalue weighted by atomic mass is 10.1. The lowest BCUT2D eigenvalue weighted by Gasteiger charge is -2.32. The van der Waals surface area contributed by atoms with Gasteiger partial charge in [0, 0.05) is 62.9 Å². The van der Waals surface area contributed by atoms with Crippen molar-refractivity contribution in [3.8, 4) is 5.75 Å². The maximum absolute atomic E-state index is 11.3. The molecule has 1 aliphatic rings. The van der Waals surface area contributed by atoms with Gasteiger partial charge in [0.05, 0.1) is 0 Å². The van der Waals surface area contributed by atoms with Gasteiger partial charge in [-0.05, 0) is 30.3 Å². The number of nitrogens with one attached hydrogen (secondary N) is 3. The third-order valence-corrected chi connectivity index (χ3v) is 5.18. The number of piperidine rings is 1. The number of hydrogen-bond donors (Lipinski definition) is 3. The summed E-state index contributed by atoms with van der Waals surface area (Å²) in [6, 6.07) is 14.8. The van der Waals surface area contributed by atoms with Gasteiger partial charge >= 0.3 is 0 Å². The van der Waals surface area contributed by atoms with Crippen LogP contribution in [0.3, 0.4) is 0 Å². The second-order valence-electron chi connectivity index (χ2n) is 8.01. The molecule has 0 unspecified atom stereocenters. The van der Waals surface area contributed by atoms with Crippen LogP contribution >= 0.6 is 0 Å². The molecule has 176 valence electrons. The predicted molar refractivity (Wildman–Crippen MR) is 130 cm³/mol. The molecule has 10 nitrogen and oxygen atoms in total. The number of hydrogen-bond acceptors (Lipinski definition) is 8. The second kappa shape index (κ2) is 10.6. The van der Waals surface area contributed by atoms with Crippen LogP contribution in [0.15, 0.2) is 54.9 Å². The van der Waals surface area contributed by atoms with Crippen LogP contribution in [0.25, 0.3) is 0 Å². The van der Waals surface area contributed by atoms with Gasteiger partial charge in [-0.25, -0.2) is 9.97 Å². The molecule has 0 saturated carbocycles. The van der Waals surface area contributed by atoms with Crippen LogP contribution in [-0.4, -0.2) is 46.0 Å². The molecule has 1 aromatic heterocycles. The Balaban J connectivity index is 1.34. The molecule has 0 atom stereocenters. The van der Waals surface area contributed by atoms with E-state index in [1.54, 1.807) is 0 Å². The van der Waals surface area contributed by atoms with Crippen molar-refractivity contribution in [3.63, 3.8) is 0 Å². The van der Waals surface area contributed by atoms with Crippen molar-refractivity contribution in [1.82, 2.24) is 15.0 Å². The Morgan fingerprint density at radius 2 is 1.56 bits per heavy atom. The van der Waals surface area contributed by atoms with E-state index in [2.05, 4.69) is 35.8 Å². The molecule has 1 fully saturated rings. The third kappa shape index (κ3) is 6.41. The zero-order valence-electron chi connectivity index (χ0n) is 19.1. The standard InChI is InChI=1S/C24H27N7O3/c1-16(32)27-18-5-3-6-19(13-18)29-23-25-15-26-24(30-23)31-11-9-21(10-12-31)34-22-8-4-7-20(14-22)28-17(2)33/h3-8,13-15,21H,9-12H2,1-2H3,(H,27,32)(H,28,33)(H,25,26,29,30). The van der Waals surface area contributed by atoms with Gasteiger partial charge in [0.1, 0.15) is 18.2 Å². The molecule has 0 radical (unpaired) electrons. The van der Waals surface area contributed by atoms with Crippen LogP contribution in [0, 0.1) is 0 Å². The van der Waals surface area contributed by atoms with Crippen molar-refractivity contribution in [2.24, 2.45) is 0 Å². The Labute approximate surface area is 197 Å². The molecule has 2 heterocycles. The van der Waals surface area contributed by atoms with Crippen LogP contribution in [-0.2, 0) is 9.59 Å². The molecule has 0 aliphatic carbocycles. The van der Waals surface area contributed by atoms with Crippen molar-refractivity contribution in [3.05, 3.63) is 54.9 Å². The minimum atomic E-state index is -0.132. The minimum Gasteiger partial charge on any atom is -0.490 e. The number of anilines is 5. The molecule has 3 aromatic rings. The molecule has 2 aromatic carbocycles. The number of carbonyl (C=O) groups excluding carboxylic acids is 2. The first-order valence-corrected chi connectivity index (χ1v) is 11.1. The van der Waals surface area contributed by atoms with Crippen LogP contribution in [0.4, 0.5) is 29.0 Å². The summed E-state index contributed by atoms with van der Waals surface area (Å²) in [5.41, 5.74) is 2.17. The molecular weight excluding hydrogens is 434 g/mol. The molecule has 3 N–H and O–H groups in total. The fraction of sp³-hybridized carbons (Fsp3) is 0.292. The van der Waals surface area contributed by atoms with E-state index in [9.17, 15) is 9.59 Å². The Morgan fingerprint density at radius 1 is 0.912 bits per heavy atom. The molecule has 0 bridgehead atoms. The lowest BCUT2D eigenvalue weighted by molar-refractivity contribution is -0.115. The van der Waals surface area contributed by atoms with Gasteiger partial charge < -0.3 is 25.6 Å². The van der Waals surface area contributed by atoms with Gasteiger partial charge in [-0.3, -0.25) is 9.59 Å². The van der Waals surface area contributed by atoms with Gasteiger partial charge in [-0.1, -0.05) is 12.1 Å². The highest BCUT2D eigenvalue weighted by Crippen LogP contribution is 2.24. The van der Waals surface area contributed by atoms with Crippen LogP contribution < -0.4 is 25.6 Å². The van der Waals surface area contributed by atoms with Gasteiger partial charge in [0.25, 0.3) is 0 Å². The summed E-state index contributed by atoms with van der Waals surface area (Å²) < 4.78 is 6.13. The predicted octanol–water partition coefficient (Wildman–Crippen LogP) is 3.58. The monoisotopic (exact) mass is 461 g/mol. The van der Waals surface area contributed by atoms with Crippen LogP contribution in [0.2, 0.25) is 0 Å². The summed E-state index contributed by atoms with van der Waals surface area (Å²) in [7, 11) is 0. The summed E-state index contributed by atoms with van der Waals surface area (Å²) in [6.45, 7) is 4.44. The molecule has 2 amide bonds. The summed E-state index contributed by atoms with van der Waals surface area (Å²) in [5, 5.41) is 8.69. The average Bonchev–Trinajstić information content (AvgIpc) is 2.79. The van der Waals surface area contributed by atoms with E-state index < -0.39 is 0 Å². The van der Waals surface area contributed by atoms with Gasteiger partial charge in [0.15, 0.2) is 0 Å². The van der Waals surface area contributed by atoms with Crippen molar-refractivity contribution in [2.45, 2.75) is 32.8 Å². The van der Waals surface area contributed by atoms with E-state index in [1.165, 1.54) is 20.2 Å². The van der Waals surface area contributed by atoms with Gasteiger partial charge in [-0.2, -0.15) is 4.98 Å². The SMILES string of the molecule is CC(=O)Nc1cccc(Nc2ncnc(N3CCC(Oc4cccc(NC(C)=O)c4)CC3)n2)c1. The first kappa shape index (κ1) is 23.0. The smallest absolute Gasteiger partial charge is 0.231 e. The number of carbonyl (C=O) groups is 2. The molecule has 34 heavy (non-hydrogen) atoms. The minimum absolute atomic E-state index is 0.0692. The molecule has 1 saturated heterocycles. The normalized spacial score (nSPS) is 13.8. The van der Waals surface area contributed by atoms with Gasteiger partial charge in [0.2, 0.25) is 23.7 Å². The third-order valence-electron chi connectivity index (χ3n) is 5.18. The fourth-order valence-corrected chi connectivity index (χ4v) is 3.72. The highest BCUT2D eigenvalue weighted by molar-refractivity contribution is 5.89. The zero-order chi connectivity index (χ0) is 23.9. The quantitative estimate of drug-likeness (QED) is 0.488. The summed E-state index contributed by atoms with van der Waals surface area (Å²) in [5.74, 6) is 1.52. The van der Waals surface area contributed by atoms with Crippen molar-refractivity contribution in [1.29, 1.82) is 0 Å². The molecule has 10 heteroatoms. The number of amides is 2. The van der Waals surface area contributed by atoms with Crippen molar-refractivity contribution < 1.29 is 14.3 Å². The number of rotatable bonds is 7. The first-order chi connectivity index (χ1) is 16.4. The number of nitrogens with zero attached hydrogens (tertiary/aromatic N) is 4. The van der Waals surface area contributed by atoms with E-state index in [0.717, 1.165) is 43.1 Å². The van der Waals surface area contributed by atoms with Crippen molar-refractivity contribution in [2.75, 3.05) is 33.9 Å². The fourth-order valence-electron chi connectivity index (χ4n) is 3.72. The summed E-state index contributed by atoms with van der Waals surface area (Å²) in [4.78, 5) is 37.8. The largest absolute Gasteiger partial charge is 0.490 e. The van der Waals surface area contributed by atoms with E-state index in [-0.39, 0.29) is 17.9 Å². The van der Waals surface area contributed by atoms with Gasteiger partial charge in [-0.15, -0.1) is 0 Å². The number of ether oxygens (including phenoxy) is 1. The Kier molecular flexibility index (Phi) is 7.16. The highest BCUT2D eigenvalue weighted by Gasteiger charge is 2.23. The summed E-state index contributed by atoms with van der Waals surface area (Å²) >= 11 is 0. The maximum Gasteiger partial charge on any atom is 0.231 e. The lowest BCUT2D eigenvalue weighted by Crippen LogP contribution is -2.39. The second-order valence-corrected chi connectivity index (χ2v) is 8.01. The maximum atomic E-state index is 11.3. The topological polar surface area (TPSA) is 121 Å². The Hall–Kier alpha value is -4.21. The first-order valence-electron chi connectivity index (χ1n) is 11.1. The Bertz CT molecular complexity index is 1160. The summed E-state index contributed by atoms with van der Waals surface area (Å²) in [6.07, 6.45) is 3.19. The van der Waals surface area contributed by atoms with E-state index in [1.807, 2.05) is 48.5 Å². The number of benzene rings is 2. The van der Waals surface area contributed by atoms with E-state index in [0.29, 0.717) is 17.6 Å². The molecule has 4 rings (SSSR count). The van der Waals surface area contributed by atoms with Crippen molar-refractivity contribution >= 4 is 40.8 Å². The number of aromatic nitrogens is 3. The van der Waals surface area contributed by atoms with E-state index in [4.69, 9.17) is 4.74 Å². The molecule has 0 spiro atoms. The van der Waals surface area contributed by atoms with Crippen LogP contribution in [0.5, 0.6) is 5.75 Å². The Morgan fingerprint density at radius 3 is 2.26 bits per heavy atom. The van der Waals surface area contributed by atoms with Crippen LogP contribution in [0.1, 0.15) is 26.7 Å². The molecule has 1 aliphatic heterocycles. The molecular formula is C24H27N7O3.